The minimum Gasteiger partial charge on any atom is -0.469 e. The highest BCUT2D eigenvalue weighted by Gasteiger charge is 2.04. The van der Waals surface area contributed by atoms with E-state index in [-0.39, 0.29) is 5.91 Å². The van der Waals surface area contributed by atoms with Crippen LogP contribution >= 0.6 is 0 Å². The Bertz CT molecular complexity index is 723. The second-order valence-corrected chi connectivity index (χ2v) is 5.69. The summed E-state index contributed by atoms with van der Waals surface area (Å²) < 4.78 is 5.32. The van der Waals surface area contributed by atoms with Crippen LogP contribution in [-0.2, 0) is 12.8 Å². The van der Waals surface area contributed by atoms with Crippen LogP contribution in [0.1, 0.15) is 21.7 Å². The number of amides is 1. The molecule has 1 amide bonds. The van der Waals surface area contributed by atoms with Gasteiger partial charge in [0.1, 0.15) is 5.76 Å². The summed E-state index contributed by atoms with van der Waals surface area (Å²) in [6, 6.07) is 11.4. The van der Waals surface area contributed by atoms with Crippen LogP contribution in [0.5, 0.6) is 0 Å². The zero-order chi connectivity index (χ0) is 18.6. The summed E-state index contributed by atoms with van der Waals surface area (Å²) in [6.07, 6.45) is 5.00. The molecule has 0 saturated carbocycles. The third-order valence-electron chi connectivity index (χ3n) is 3.74. The van der Waals surface area contributed by atoms with Crippen molar-refractivity contribution in [1.29, 1.82) is 0 Å². The molecule has 6 nitrogen and oxygen atoms in total. The Hall–Kier alpha value is -3.02. The van der Waals surface area contributed by atoms with E-state index in [0.717, 1.165) is 30.1 Å². The molecule has 0 saturated heterocycles. The van der Waals surface area contributed by atoms with E-state index >= 15 is 0 Å². The minimum absolute atomic E-state index is 0.0763. The quantitative estimate of drug-likeness (QED) is 0.366. The summed E-state index contributed by atoms with van der Waals surface area (Å²) in [5, 5.41) is 9.15. The molecular formula is C20H26N4O2. The van der Waals surface area contributed by atoms with Gasteiger partial charge in [-0.1, -0.05) is 18.2 Å². The van der Waals surface area contributed by atoms with Crippen molar-refractivity contribution in [1.82, 2.24) is 16.0 Å². The van der Waals surface area contributed by atoms with Gasteiger partial charge in [0.25, 0.3) is 5.91 Å². The lowest BCUT2D eigenvalue weighted by Crippen LogP contribution is -2.38. The lowest BCUT2D eigenvalue weighted by atomic mass is 10.1. The maximum absolute atomic E-state index is 11.7. The van der Waals surface area contributed by atoms with Gasteiger partial charge < -0.3 is 20.4 Å². The monoisotopic (exact) mass is 354 g/mol. The van der Waals surface area contributed by atoms with Crippen molar-refractivity contribution in [2.45, 2.75) is 12.8 Å². The predicted molar refractivity (Wildman–Crippen MR) is 104 cm³/mol. The van der Waals surface area contributed by atoms with Gasteiger partial charge in [-0.05, 0) is 36.2 Å². The average Bonchev–Trinajstić information content (AvgIpc) is 3.18. The molecule has 1 aromatic heterocycles. The molecule has 0 aliphatic heterocycles. The Morgan fingerprint density at radius 3 is 2.85 bits per heavy atom. The number of carbonyl (C=O) groups excluding carboxylic acids is 1. The van der Waals surface area contributed by atoms with Crippen LogP contribution < -0.4 is 16.0 Å². The van der Waals surface area contributed by atoms with Crippen LogP contribution in [0.15, 0.2) is 64.7 Å². The molecule has 0 aliphatic rings. The molecule has 3 N–H and O–H groups in total. The van der Waals surface area contributed by atoms with E-state index in [1.165, 1.54) is 0 Å². The third kappa shape index (κ3) is 6.47. The Morgan fingerprint density at radius 1 is 1.23 bits per heavy atom. The summed E-state index contributed by atoms with van der Waals surface area (Å²) in [7, 11) is 1.63. The molecule has 2 rings (SSSR count). The first-order valence-electron chi connectivity index (χ1n) is 8.69. The van der Waals surface area contributed by atoms with Gasteiger partial charge in [0.2, 0.25) is 0 Å². The molecule has 0 unspecified atom stereocenters. The van der Waals surface area contributed by atoms with Crippen molar-refractivity contribution in [2.75, 3.05) is 26.7 Å². The van der Waals surface area contributed by atoms with Gasteiger partial charge in [0, 0.05) is 38.7 Å². The number of rotatable bonds is 9. The van der Waals surface area contributed by atoms with Crippen LogP contribution in [0.2, 0.25) is 0 Å². The van der Waals surface area contributed by atoms with Gasteiger partial charge in [-0.25, -0.2) is 0 Å². The highest BCUT2D eigenvalue weighted by molar-refractivity contribution is 5.94. The van der Waals surface area contributed by atoms with Crippen molar-refractivity contribution in [2.24, 2.45) is 4.99 Å². The van der Waals surface area contributed by atoms with E-state index in [2.05, 4.69) is 27.5 Å². The number of furan rings is 1. The van der Waals surface area contributed by atoms with E-state index in [4.69, 9.17) is 4.42 Å². The number of carbonyl (C=O) groups is 1. The molecule has 2 aromatic rings. The molecule has 0 fully saturated rings. The van der Waals surface area contributed by atoms with Crippen molar-refractivity contribution in [3.8, 4) is 0 Å². The van der Waals surface area contributed by atoms with E-state index < -0.39 is 0 Å². The normalized spacial score (nSPS) is 11.0. The Labute approximate surface area is 154 Å². The van der Waals surface area contributed by atoms with Gasteiger partial charge in [0.15, 0.2) is 5.96 Å². The first-order chi connectivity index (χ1) is 12.7. The van der Waals surface area contributed by atoms with Crippen LogP contribution in [0.25, 0.3) is 0 Å². The third-order valence-corrected chi connectivity index (χ3v) is 3.74. The lowest BCUT2D eigenvalue weighted by molar-refractivity contribution is 0.0963. The van der Waals surface area contributed by atoms with Gasteiger partial charge in [-0.2, -0.15) is 0 Å². The number of benzene rings is 1. The molecule has 0 aliphatic carbocycles. The van der Waals surface area contributed by atoms with E-state index in [9.17, 15) is 4.79 Å². The Morgan fingerprint density at radius 2 is 2.12 bits per heavy atom. The zero-order valence-corrected chi connectivity index (χ0v) is 15.1. The summed E-state index contributed by atoms with van der Waals surface area (Å²) in [5.74, 6) is 1.58. The molecule has 0 radical (unpaired) electrons. The molecule has 0 bridgehead atoms. The molecule has 0 atom stereocenters. The van der Waals surface area contributed by atoms with E-state index in [1.807, 2.05) is 36.4 Å². The van der Waals surface area contributed by atoms with Gasteiger partial charge in [-0.3, -0.25) is 9.79 Å². The predicted octanol–water partition coefficient (Wildman–Crippen LogP) is 2.15. The zero-order valence-electron chi connectivity index (χ0n) is 15.1. The topological polar surface area (TPSA) is 78.7 Å². The number of hydrogen-bond donors (Lipinski definition) is 3. The SMILES string of the molecule is C=CCNC(=NCCc1ccco1)NCCc1cccc(C(=O)NC)c1. The van der Waals surface area contributed by atoms with Gasteiger partial charge >= 0.3 is 0 Å². The fraction of sp³-hybridized carbons (Fsp3) is 0.300. The van der Waals surface area contributed by atoms with Crippen molar-refractivity contribution in [3.05, 3.63) is 72.2 Å². The first kappa shape index (κ1) is 19.3. The molecule has 1 aromatic carbocycles. The van der Waals surface area contributed by atoms with Crippen LogP contribution in [0.3, 0.4) is 0 Å². The van der Waals surface area contributed by atoms with E-state index in [1.54, 1.807) is 19.4 Å². The number of aliphatic imine (C=N–C) groups is 1. The van der Waals surface area contributed by atoms with Crippen LogP contribution in [0.4, 0.5) is 0 Å². The van der Waals surface area contributed by atoms with Gasteiger partial charge in [0.05, 0.1) is 6.26 Å². The number of nitrogens with one attached hydrogen (secondary N) is 3. The second kappa shape index (κ2) is 10.8. The Balaban J connectivity index is 1.85. The second-order valence-electron chi connectivity index (χ2n) is 5.69. The van der Waals surface area contributed by atoms with Gasteiger partial charge in [-0.15, -0.1) is 6.58 Å². The summed E-state index contributed by atoms with van der Waals surface area (Å²) in [6.45, 7) is 5.70. The molecule has 0 spiro atoms. The number of nitrogens with zero attached hydrogens (tertiary/aromatic N) is 1. The van der Waals surface area contributed by atoms with Crippen molar-refractivity contribution in [3.63, 3.8) is 0 Å². The number of hydrogen-bond acceptors (Lipinski definition) is 3. The Kier molecular flexibility index (Phi) is 7.99. The minimum atomic E-state index is -0.0763. The maximum Gasteiger partial charge on any atom is 0.251 e. The maximum atomic E-state index is 11.7. The molecule has 138 valence electrons. The molecule has 26 heavy (non-hydrogen) atoms. The fourth-order valence-corrected chi connectivity index (χ4v) is 2.41. The van der Waals surface area contributed by atoms with E-state index in [0.29, 0.717) is 25.2 Å². The highest BCUT2D eigenvalue weighted by Crippen LogP contribution is 2.05. The fourth-order valence-electron chi connectivity index (χ4n) is 2.41. The summed E-state index contributed by atoms with van der Waals surface area (Å²) >= 11 is 0. The summed E-state index contributed by atoms with van der Waals surface area (Å²) in [5.41, 5.74) is 1.76. The largest absolute Gasteiger partial charge is 0.469 e. The summed E-state index contributed by atoms with van der Waals surface area (Å²) in [4.78, 5) is 16.3. The standard InChI is InChI=1S/C20H26N4O2/c1-3-11-22-20(24-13-10-18-8-5-14-26-18)23-12-9-16-6-4-7-17(15-16)19(25)21-2/h3-8,14-15H,1,9-13H2,2H3,(H,21,25)(H2,22,23,24). The smallest absolute Gasteiger partial charge is 0.251 e. The lowest BCUT2D eigenvalue weighted by Gasteiger charge is -2.11. The van der Waals surface area contributed by atoms with Crippen LogP contribution in [0, 0.1) is 0 Å². The van der Waals surface area contributed by atoms with Crippen molar-refractivity contribution >= 4 is 11.9 Å². The molecule has 1 heterocycles. The first-order valence-corrected chi connectivity index (χ1v) is 8.69. The van der Waals surface area contributed by atoms with Crippen LogP contribution in [-0.4, -0.2) is 38.5 Å². The molecule has 6 heteroatoms. The highest BCUT2D eigenvalue weighted by atomic mass is 16.3. The van der Waals surface area contributed by atoms with Crippen molar-refractivity contribution < 1.29 is 9.21 Å². The number of guanidine groups is 1. The molecular weight excluding hydrogens is 328 g/mol. The average molecular weight is 354 g/mol.